The fraction of sp³-hybridized carbons (Fsp3) is 0.294. The number of nitrogens with zero attached hydrogens (tertiary/aromatic N) is 4. The number of benzene rings is 1. The first-order valence-electron chi connectivity index (χ1n) is 8.31. The van der Waals surface area contributed by atoms with Gasteiger partial charge < -0.3 is 20.9 Å². The Bertz CT molecular complexity index is 966. The van der Waals surface area contributed by atoms with E-state index in [1.54, 1.807) is 30.3 Å². The Kier molecular flexibility index (Phi) is 4.52. The lowest BCUT2D eigenvalue weighted by Gasteiger charge is -2.15. The lowest BCUT2D eigenvalue weighted by Crippen LogP contribution is -2.33. The van der Waals surface area contributed by atoms with E-state index in [2.05, 4.69) is 20.3 Å². The Labute approximate surface area is 153 Å². The summed E-state index contributed by atoms with van der Waals surface area (Å²) in [4.78, 5) is 24.7. The molecule has 1 saturated heterocycles. The lowest BCUT2D eigenvalue weighted by atomic mass is 10.1. The summed E-state index contributed by atoms with van der Waals surface area (Å²) in [6.07, 6.45) is -2.39. The Morgan fingerprint density at radius 2 is 2.07 bits per heavy atom. The third-order valence-electron chi connectivity index (χ3n) is 4.43. The van der Waals surface area contributed by atoms with Gasteiger partial charge in [-0.3, -0.25) is 9.36 Å². The minimum Gasteiger partial charge on any atom is -0.387 e. The molecule has 4 N–H and O–H groups in total. The van der Waals surface area contributed by atoms with Crippen molar-refractivity contribution in [2.45, 2.75) is 24.6 Å². The number of aromatic nitrogens is 4. The number of carbonyl (C=O) groups excluding carboxylic acids is 1. The van der Waals surface area contributed by atoms with Gasteiger partial charge in [0.15, 0.2) is 29.4 Å². The van der Waals surface area contributed by atoms with Crippen LogP contribution in [0.15, 0.2) is 43.0 Å². The average Bonchev–Trinajstić information content (AvgIpc) is 3.25. The molecule has 140 valence electrons. The van der Waals surface area contributed by atoms with Crippen LogP contribution in [0, 0.1) is 0 Å². The minimum absolute atomic E-state index is 0.0158. The molecule has 1 fully saturated rings. The molecule has 1 aliphatic heterocycles. The average molecular weight is 372 g/mol. The van der Waals surface area contributed by atoms with Crippen molar-refractivity contribution in [2.24, 2.45) is 5.73 Å². The number of rotatable bonds is 4. The third kappa shape index (κ3) is 3.03. The molecule has 0 unspecified atom stereocenters. The number of nitrogens with one attached hydrogen (secondary N) is 1. The summed E-state index contributed by atoms with van der Waals surface area (Å²) in [6.45, 7) is -0.0158. The van der Waals surface area contributed by atoms with E-state index in [9.17, 15) is 14.3 Å². The summed E-state index contributed by atoms with van der Waals surface area (Å²) in [5.74, 6) is -0.166. The molecule has 1 aromatic carbocycles. The Balaban J connectivity index is 1.65. The quantitative estimate of drug-likeness (QED) is 0.613. The van der Waals surface area contributed by atoms with Gasteiger partial charge in [0.05, 0.1) is 6.33 Å². The fourth-order valence-corrected chi connectivity index (χ4v) is 3.02. The molecule has 0 saturated carbocycles. The van der Waals surface area contributed by atoms with Crippen LogP contribution >= 0.6 is 0 Å². The Morgan fingerprint density at radius 3 is 2.78 bits per heavy atom. The standard InChI is InChI=1S/C17H17FN6O3/c18-11-13(25)10(6-19)27-17(11)24-8-22-12-14(20-7-21-15(12)24)23-16(26)9-4-2-1-3-5-9/h1-5,7-8,10-11,13,17,25H,6,19H2,(H,20,21,23,26)/t10-,11-,13-,17-/m1/s1. The summed E-state index contributed by atoms with van der Waals surface area (Å²) in [6, 6.07) is 8.63. The van der Waals surface area contributed by atoms with Crippen molar-refractivity contribution in [1.29, 1.82) is 0 Å². The molecule has 0 radical (unpaired) electrons. The number of aliphatic hydroxyl groups excluding tert-OH is 1. The highest BCUT2D eigenvalue weighted by atomic mass is 19.1. The molecule has 9 nitrogen and oxygen atoms in total. The van der Waals surface area contributed by atoms with Crippen LogP contribution in [-0.2, 0) is 4.74 Å². The predicted octanol–water partition coefficient (Wildman–Crippen LogP) is 0.634. The highest BCUT2D eigenvalue weighted by Gasteiger charge is 2.45. The van der Waals surface area contributed by atoms with Crippen molar-refractivity contribution in [3.8, 4) is 0 Å². The van der Waals surface area contributed by atoms with Gasteiger partial charge in [-0.1, -0.05) is 18.2 Å². The molecule has 4 atom stereocenters. The number of hydrogen-bond donors (Lipinski definition) is 3. The van der Waals surface area contributed by atoms with Crippen LogP contribution in [0.25, 0.3) is 11.2 Å². The van der Waals surface area contributed by atoms with Gasteiger partial charge in [0, 0.05) is 12.1 Å². The number of nitrogens with two attached hydrogens (primary N) is 1. The van der Waals surface area contributed by atoms with Gasteiger partial charge in [-0.25, -0.2) is 19.3 Å². The molecular weight excluding hydrogens is 355 g/mol. The number of amides is 1. The van der Waals surface area contributed by atoms with Gasteiger partial charge in [0.1, 0.15) is 18.5 Å². The van der Waals surface area contributed by atoms with Gasteiger partial charge in [-0.2, -0.15) is 0 Å². The molecule has 4 rings (SSSR count). The van der Waals surface area contributed by atoms with Gasteiger partial charge in [0.25, 0.3) is 5.91 Å². The molecular formula is C17H17FN6O3. The first-order chi connectivity index (χ1) is 13.1. The van der Waals surface area contributed by atoms with Crippen molar-refractivity contribution < 1.29 is 19.0 Å². The van der Waals surface area contributed by atoms with E-state index in [0.717, 1.165) is 0 Å². The molecule has 27 heavy (non-hydrogen) atoms. The fourth-order valence-electron chi connectivity index (χ4n) is 3.02. The van der Waals surface area contributed by atoms with E-state index in [1.807, 2.05) is 0 Å². The number of imidazole rings is 1. The van der Waals surface area contributed by atoms with E-state index in [-0.39, 0.29) is 29.4 Å². The molecule has 0 aliphatic carbocycles. The van der Waals surface area contributed by atoms with Crippen LogP contribution in [0.2, 0.25) is 0 Å². The predicted molar refractivity (Wildman–Crippen MR) is 93.6 cm³/mol. The number of halogens is 1. The third-order valence-corrected chi connectivity index (χ3v) is 4.43. The van der Waals surface area contributed by atoms with Gasteiger partial charge in [0.2, 0.25) is 0 Å². The van der Waals surface area contributed by atoms with Crippen LogP contribution in [0.3, 0.4) is 0 Å². The smallest absolute Gasteiger partial charge is 0.256 e. The maximum Gasteiger partial charge on any atom is 0.256 e. The number of ether oxygens (including phenoxy) is 1. The number of anilines is 1. The Morgan fingerprint density at radius 1 is 1.30 bits per heavy atom. The molecule has 3 heterocycles. The summed E-state index contributed by atoms with van der Waals surface area (Å²) in [5.41, 5.74) is 6.51. The number of alkyl halides is 1. The largest absolute Gasteiger partial charge is 0.387 e. The number of aliphatic hydroxyl groups is 1. The maximum atomic E-state index is 14.4. The first-order valence-corrected chi connectivity index (χ1v) is 8.31. The molecule has 3 aromatic rings. The van der Waals surface area contributed by atoms with Crippen molar-refractivity contribution in [1.82, 2.24) is 19.5 Å². The number of hydrogen-bond acceptors (Lipinski definition) is 7. The zero-order valence-corrected chi connectivity index (χ0v) is 14.1. The summed E-state index contributed by atoms with van der Waals surface area (Å²) < 4.78 is 21.3. The van der Waals surface area contributed by atoms with Gasteiger partial charge in [-0.05, 0) is 12.1 Å². The molecule has 0 bridgehead atoms. The topological polar surface area (TPSA) is 128 Å². The summed E-state index contributed by atoms with van der Waals surface area (Å²) in [5, 5.41) is 12.6. The van der Waals surface area contributed by atoms with Crippen LogP contribution in [-0.4, -0.2) is 55.5 Å². The van der Waals surface area contributed by atoms with Crippen LogP contribution in [0.5, 0.6) is 0 Å². The van der Waals surface area contributed by atoms with E-state index in [1.165, 1.54) is 17.2 Å². The second-order valence-corrected chi connectivity index (χ2v) is 6.10. The highest BCUT2D eigenvalue weighted by Crippen LogP contribution is 2.33. The van der Waals surface area contributed by atoms with Gasteiger partial charge >= 0.3 is 0 Å². The normalized spacial score (nSPS) is 25.0. The first kappa shape index (κ1) is 17.5. The van der Waals surface area contributed by atoms with E-state index < -0.39 is 24.6 Å². The van der Waals surface area contributed by atoms with Crippen molar-refractivity contribution in [3.05, 3.63) is 48.5 Å². The van der Waals surface area contributed by atoms with Crippen LogP contribution < -0.4 is 11.1 Å². The zero-order chi connectivity index (χ0) is 19.0. The molecule has 1 aliphatic rings. The molecule has 1 amide bonds. The van der Waals surface area contributed by atoms with E-state index in [4.69, 9.17) is 10.5 Å². The summed E-state index contributed by atoms with van der Waals surface area (Å²) in [7, 11) is 0. The number of fused-ring (bicyclic) bond motifs is 1. The second-order valence-electron chi connectivity index (χ2n) is 6.10. The number of carbonyl (C=O) groups is 1. The molecule has 2 aromatic heterocycles. The van der Waals surface area contributed by atoms with Crippen molar-refractivity contribution in [3.63, 3.8) is 0 Å². The van der Waals surface area contributed by atoms with Gasteiger partial charge in [-0.15, -0.1) is 0 Å². The van der Waals surface area contributed by atoms with Crippen LogP contribution in [0.4, 0.5) is 10.2 Å². The van der Waals surface area contributed by atoms with Crippen molar-refractivity contribution in [2.75, 3.05) is 11.9 Å². The SMILES string of the molecule is NC[C@H]1O[C@@H](n2cnc3c(NC(=O)c4ccccc4)ncnc32)[C@H](F)[C@@H]1O. The van der Waals surface area contributed by atoms with Crippen LogP contribution in [0.1, 0.15) is 16.6 Å². The van der Waals surface area contributed by atoms with E-state index >= 15 is 0 Å². The monoisotopic (exact) mass is 372 g/mol. The zero-order valence-electron chi connectivity index (χ0n) is 14.1. The molecule has 0 spiro atoms. The summed E-state index contributed by atoms with van der Waals surface area (Å²) >= 11 is 0. The second kappa shape index (κ2) is 6.99. The van der Waals surface area contributed by atoms with Crippen molar-refractivity contribution >= 4 is 22.9 Å². The minimum atomic E-state index is -1.69. The molecule has 10 heteroatoms. The highest BCUT2D eigenvalue weighted by molar-refractivity contribution is 6.06. The lowest BCUT2D eigenvalue weighted by molar-refractivity contribution is -0.0180. The Hall–Kier alpha value is -2.95. The maximum absolute atomic E-state index is 14.4. The van der Waals surface area contributed by atoms with E-state index in [0.29, 0.717) is 5.56 Å².